The molecule has 0 amide bonds. The number of guanidine groups is 1. The van der Waals surface area contributed by atoms with Gasteiger partial charge in [0.25, 0.3) is 0 Å². The van der Waals surface area contributed by atoms with Crippen molar-refractivity contribution in [2.45, 2.75) is 13.0 Å². The summed E-state index contributed by atoms with van der Waals surface area (Å²) in [6.45, 7) is 6.57. The Morgan fingerprint density at radius 1 is 1.13 bits per heavy atom. The predicted molar refractivity (Wildman–Crippen MR) is 123 cm³/mol. The highest BCUT2D eigenvalue weighted by Gasteiger charge is 2.10. The van der Waals surface area contributed by atoms with Crippen LogP contribution in [0.2, 0.25) is 5.02 Å². The third-order valence-electron chi connectivity index (χ3n) is 5.01. The number of aliphatic imine (C=N–C) groups is 1. The number of nitrogens with one attached hydrogen (secondary N) is 2. The van der Waals surface area contributed by atoms with E-state index in [1.54, 1.807) is 7.05 Å². The van der Waals surface area contributed by atoms with E-state index in [0.717, 1.165) is 68.1 Å². The topological polar surface area (TPSA) is 58.1 Å². The summed E-state index contributed by atoms with van der Waals surface area (Å²) in [4.78, 5) is 6.68. The number of halogens is 1. The lowest BCUT2D eigenvalue weighted by Gasteiger charge is -2.26. The molecule has 2 aromatic rings. The van der Waals surface area contributed by atoms with Crippen molar-refractivity contribution >= 4 is 17.6 Å². The molecule has 1 aliphatic rings. The van der Waals surface area contributed by atoms with Gasteiger partial charge in [-0.2, -0.15) is 0 Å². The van der Waals surface area contributed by atoms with E-state index in [0.29, 0.717) is 13.2 Å². The molecule has 1 heterocycles. The van der Waals surface area contributed by atoms with Crippen LogP contribution >= 0.6 is 11.6 Å². The van der Waals surface area contributed by atoms with Crippen molar-refractivity contribution in [2.75, 3.05) is 53.0 Å². The van der Waals surface area contributed by atoms with Crippen LogP contribution < -0.4 is 15.4 Å². The minimum Gasteiger partial charge on any atom is -0.492 e. The van der Waals surface area contributed by atoms with Crippen molar-refractivity contribution < 1.29 is 9.47 Å². The molecular formula is C23H31ClN4O2. The molecule has 0 saturated carbocycles. The van der Waals surface area contributed by atoms with Crippen molar-refractivity contribution in [2.24, 2.45) is 4.99 Å². The average molecular weight is 431 g/mol. The van der Waals surface area contributed by atoms with Gasteiger partial charge in [0.2, 0.25) is 0 Å². The molecule has 162 valence electrons. The summed E-state index contributed by atoms with van der Waals surface area (Å²) in [6, 6.07) is 16.1. The van der Waals surface area contributed by atoms with E-state index in [1.807, 2.05) is 36.4 Å². The van der Waals surface area contributed by atoms with Gasteiger partial charge in [0.1, 0.15) is 12.4 Å². The molecule has 0 unspecified atom stereocenters. The molecule has 0 atom stereocenters. The summed E-state index contributed by atoms with van der Waals surface area (Å²) < 4.78 is 11.5. The van der Waals surface area contributed by atoms with Crippen LogP contribution in [0.4, 0.5) is 0 Å². The summed E-state index contributed by atoms with van der Waals surface area (Å²) in [7, 11) is 1.78. The van der Waals surface area contributed by atoms with Crippen molar-refractivity contribution in [3.63, 3.8) is 0 Å². The van der Waals surface area contributed by atoms with Crippen LogP contribution in [0.1, 0.15) is 11.1 Å². The lowest BCUT2D eigenvalue weighted by atomic mass is 10.1. The summed E-state index contributed by atoms with van der Waals surface area (Å²) in [5.41, 5.74) is 2.31. The van der Waals surface area contributed by atoms with E-state index in [9.17, 15) is 0 Å². The summed E-state index contributed by atoms with van der Waals surface area (Å²) in [6.07, 6.45) is 0.877. The quantitative estimate of drug-likeness (QED) is 0.473. The lowest BCUT2D eigenvalue weighted by molar-refractivity contribution is 0.0322. The Kier molecular flexibility index (Phi) is 9.28. The van der Waals surface area contributed by atoms with Crippen LogP contribution in [0, 0.1) is 0 Å². The monoisotopic (exact) mass is 430 g/mol. The second kappa shape index (κ2) is 12.4. The number of morpholine rings is 1. The van der Waals surface area contributed by atoms with E-state index in [4.69, 9.17) is 21.1 Å². The summed E-state index contributed by atoms with van der Waals surface area (Å²) >= 11 is 6.05. The summed E-state index contributed by atoms with van der Waals surface area (Å²) in [5, 5.41) is 7.48. The van der Waals surface area contributed by atoms with Gasteiger partial charge in [-0.25, -0.2) is 0 Å². The number of rotatable bonds is 9. The lowest BCUT2D eigenvalue weighted by Crippen LogP contribution is -2.39. The first-order chi connectivity index (χ1) is 14.7. The van der Waals surface area contributed by atoms with Crippen LogP contribution in [0.15, 0.2) is 53.5 Å². The highest BCUT2D eigenvalue weighted by atomic mass is 35.5. The molecule has 0 bridgehead atoms. The smallest absolute Gasteiger partial charge is 0.191 e. The molecule has 3 rings (SSSR count). The number of ether oxygens (including phenoxy) is 2. The van der Waals surface area contributed by atoms with Gasteiger partial charge in [-0.05, 0) is 30.2 Å². The Morgan fingerprint density at radius 3 is 2.77 bits per heavy atom. The Balaban J connectivity index is 1.43. The van der Waals surface area contributed by atoms with Gasteiger partial charge in [-0.3, -0.25) is 9.89 Å². The number of hydrogen-bond acceptors (Lipinski definition) is 4. The van der Waals surface area contributed by atoms with Crippen molar-refractivity contribution in [3.05, 3.63) is 64.7 Å². The van der Waals surface area contributed by atoms with Gasteiger partial charge >= 0.3 is 0 Å². The zero-order valence-electron chi connectivity index (χ0n) is 17.6. The molecule has 7 heteroatoms. The fourth-order valence-electron chi connectivity index (χ4n) is 3.32. The molecule has 1 fully saturated rings. The first-order valence-electron chi connectivity index (χ1n) is 10.4. The van der Waals surface area contributed by atoms with Crippen LogP contribution in [0.25, 0.3) is 0 Å². The maximum absolute atomic E-state index is 6.06. The van der Waals surface area contributed by atoms with Crippen LogP contribution in [0.5, 0.6) is 5.75 Å². The second-order valence-electron chi connectivity index (χ2n) is 7.14. The second-order valence-corrected chi connectivity index (χ2v) is 7.58. The minimum atomic E-state index is 0.643. The van der Waals surface area contributed by atoms with Gasteiger partial charge in [0.05, 0.1) is 13.2 Å². The zero-order chi connectivity index (χ0) is 21.0. The van der Waals surface area contributed by atoms with E-state index >= 15 is 0 Å². The highest BCUT2D eigenvalue weighted by Crippen LogP contribution is 2.17. The molecule has 0 aromatic heterocycles. The number of hydrogen-bond donors (Lipinski definition) is 2. The Hall–Kier alpha value is -2.28. The van der Waals surface area contributed by atoms with E-state index < -0.39 is 0 Å². The molecule has 0 aliphatic carbocycles. The molecule has 30 heavy (non-hydrogen) atoms. The first kappa shape index (κ1) is 22.4. The molecule has 0 spiro atoms. The van der Waals surface area contributed by atoms with E-state index in [2.05, 4.69) is 32.7 Å². The SMILES string of the molecule is CN=C(NCCc1cccc(Cl)c1)NCc1ccccc1OCCN1CCOCC1. The maximum Gasteiger partial charge on any atom is 0.191 e. The minimum absolute atomic E-state index is 0.643. The van der Waals surface area contributed by atoms with Crippen molar-refractivity contribution in [3.8, 4) is 5.75 Å². The van der Waals surface area contributed by atoms with Gasteiger partial charge in [0.15, 0.2) is 5.96 Å². The molecule has 2 aromatic carbocycles. The summed E-state index contributed by atoms with van der Waals surface area (Å²) in [5.74, 6) is 1.67. The predicted octanol–water partition coefficient (Wildman–Crippen LogP) is 2.96. The van der Waals surface area contributed by atoms with Crippen LogP contribution in [0.3, 0.4) is 0 Å². The van der Waals surface area contributed by atoms with Gasteiger partial charge in [0, 0.05) is 50.4 Å². The van der Waals surface area contributed by atoms with Crippen LogP contribution in [-0.4, -0.2) is 63.9 Å². The molecule has 6 nitrogen and oxygen atoms in total. The molecule has 2 N–H and O–H groups in total. The van der Waals surface area contributed by atoms with Crippen molar-refractivity contribution in [1.82, 2.24) is 15.5 Å². The molecule has 0 radical (unpaired) electrons. The Bertz CT molecular complexity index is 809. The molecule has 1 saturated heterocycles. The standard InChI is InChI=1S/C23H31ClN4O2/c1-25-23(26-10-9-19-5-4-7-21(24)17-19)27-18-20-6-2-3-8-22(20)30-16-13-28-11-14-29-15-12-28/h2-8,17H,9-16,18H2,1H3,(H2,25,26,27). The van der Waals surface area contributed by atoms with Gasteiger partial charge in [-0.15, -0.1) is 0 Å². The third kappa shape index (κ3) is 7.52. The Morgan fingerprint density at radius 2 is 1.97 bits per heavy atom. The van der Waals surface area contributed by atoms with Crippen molar-refractivity contribution in [1.29, 1.82) is 0 Å². The maximum atomic E-state index is 6.06. The first-order valence-corrected chi connectivity index (χ1v) is 10.8. The third-order valence-corrected chi connectivity index (χ3v) is 5.24. The van der Waals surface area contributed by atoms with E-state index in [1.165, 1.54) is 5.56 Å². The Labute approximate surface area is 184 Å². The fourth-order valence-corrected chi connectivity index (χ4v) is 3.53. The number of nitrogens with zero attached hydrogens (tertiary/aromatic N) is 2. The number of para-hydroxylation sites is 1. The molecule has 1 aliphatic heterocycles. The van der Waals surface area contributed by atoms with Gasteiger partial charge in [-0.1, -0.05) is 41.9 Å². The average Bonchev–Trinajstić information content (AvgIpc) is 2.78. The van der Waals surface area contributed by atoms with Gasteiger partial charge < -0.3 is 20.1 Å². The largest absolute Gasteiger partial charge is 0.492 e. The van der Waals surface area contributed by atoms with E-state index in [-0.39, 0.29) is 0 Å². The highest BCUT2D eigenvalue weighted by molar-refractivity contribution is 6.30. The normalized spacial score (nSPS) is 15.1. The zero-order valence-corrected chi connectivity index (χ0v) is 18.3. The molecular weight excluding hydrogens is 400 g/mol. The number of benzene rings is 2. The van der Waals surface area contributed by atoms with Crippen LogP contribution in [-0.2, 0) is 17.7 Å². The fraction of sp³-hybridized carbons (Fsp3) is 0.435.